The van der Waals surface area contributed by atoms with E-state index in [1.807, 2.05) is 17.5 Å². The molecule has 0 spiro atoms. The summed E-state index contributed by atoms with van der Waals surface area (Å²) in [6.45, 7) is 5.53. The standard InChI is InChI=1S/C27H37N7O2S/c1-2-22-23(3-1)37-26-24(22)25(29-18-4-6-20(7-5-18)33-10-14-36-15-11-33)31-27(32-26)30-19-16-28-34(17-19)21-8-12-35-13-9-21/h16-18,20-21H,1-15H2,(H2,29,30,31,32)/t18-,20-. The highest BCUT2D eigenvalue weighted by Crippen LogP contribution is 2.41. The molecule has 10 heteroatoms. The van der Waals surface area contributed by atoms with Gasteiger partial charge in [0.25, 0.3) is 0 Å². The maximum Gasteiger partial charge on any atom is 0.230 e. The molecule has 3 aromatic heterocycles. The topological polar surface area (TPSA) is 89.4 Å². The van der Waals surface area contributed by atoms with E-state index in [0.29, 0.717) is 24.1 Å². The van der Waals surface area contributed by atoms with Crippen molar-refractivity contribution >= 4 is 39.0 Å². The average molecular weight is 524 g/mol. The van der Waals surface area contributed by atoms with Crippen LogP contribution in [0.15, 0.2) is 12.4 Å². The van der Waals surface area contributed by atoms with Gasteiger partial charge in [-0.2, -0.15) is 10.1 Å². The van der Waals surface area contributed by atoms with Crippen molar-refractivity contribution in [2.75, 3.05) is 50.2 Å². The third-order valence-corrected chi connectivity index (χ3v) is 9.77. The Labute approximate surface area is 221 Å². The largest absolute Gasteiger partial charge is 0.381 e. The lowest BCUT2D eigenvalue weighted by Crippen LogP contribution is -2.46. The van der Waals surface area contributed by atoms with Crippen molar-refractivity contribution in [2.24, 2.45) is 0 Å². The Hall–Kier alpha value is -2.27. The first-order chi connectivity index (χ1) is 18.3. The minimum absolute atomic E-state index is 0.401. The molecule has 2 aliphatic carbocycles. The van der Waals surface area contributed by atoms with E-state index in [9.17, 15) is 0 Å². The van der Waals surface area contributed by atoms with Gasteiger partial charge in [-0.15, -0.1) is 11.3 Å². The first-order valence-corrected chi connectivity index (χ1v) is 14.9. The van der Waals surface area contributed by atoms with Crippen LogP contribution < -0.4 is 10.6 Å². The molecule has 4 aliphatic rings. The molecule has 2 N–H and O–H groups in total. The lowest BCUT2D eigenvalue weighted by molar-refractivity contribution is 0.00791. The lowest BCUT2D eigenvalue weighted by Gasteiger charge is -2.39. The van der Waals surface area contributed by atoms with E-state index in [4.69, 9.17) is 19.4 Å². The van der Waals surface area contributed by atoms with Crippen LogP contribution in [0.4, 0.5) is 17.5 Å². The third-order valence-electron chi connectivity index (χ3n) is 8.59. The van der Waals surface area contributed by atoms with Gasteiger partial charge in [-0.05, 0) is 63.4 Å². The van der Waals surface area contributed by atoms with Crippen LogP contribution in [0, 0.1) is 0 Å². The van der Waals surface area contributed by atoms with Gasteiger partial charge < -0.3 is 20.1 Å². The van der Waals surface area contributed by atoms with Crippen molar-refractivity contribution in [1.82, 2.24) is 24.6 Å². The molecular formula is C27H37N7O2S. The molecule has 0 unspecified atom stereocenters. The number of hydrogen-bond donors (Lipinski definition) is 2. The Morgan fingerprint density at radius 1 is 0.892 bits per heavy atom. The molecule has 0 radical (unpaired) electrons. The predicted octanol–water partition coefficient (Wildman–Crippen LogP) is 4.53. The number of hydrogen-bond acceptors (Lipinski definition) is 9. The van der Waals surface area contributed by atoms with Crippen LogP contribution in [-0.2, 0) is 22.3 Å². The van der Waals surface area contributed by atoms with Gasteiger partial charge in [-0.25, -0.2) is 4.98 Å². The Kier molecular flexibility index (Phi) is 6.74. The van der Waals surface area contributed by atoms with Gasteiger partial charge in [0.1, 0.15) is 10.6 Å². The van der Waals surface area contributed by atoms with Crippen molar-refractivity contribution in [3.05, 3.63) is 22.8 Å². The summed E-state index contributed by atoms with van der Waals surface area (Å²) in [4.78, 5) is 15.3. The van der Waals surface area contributed by atoms with Gasteiger partial charge >= 0.3 is 0 Å². The molecule has 198 valence electrons. The molecule has 2 saturated heterocycles. The molecule has 0 atom stereocenters. The zero-order valence-electron chi connectivity index (χ0n) is 21.5. The fourth-order valence-corrected chi connectivity index (χ4v) is 7.82. The summed E-state index contributed by atoms with van der Waals surface area (Å²) < 4.78 is 13.1. The molecule has 0 aromatic carbocycles. The minimum Gasteiger partial charge on any atom is -0.381 e. The van der Waals surface area contributed by atoms with E-state index in [2.05, 4.69) is 31.5 Å². The summed E-state index contributed by atoms with van der Waals surface area (Å²) in [5.74, 6) is 1.67. The maximum atomic E-state index is 5.56. The van der Waals surface area contributed by atoms with E-state index >= 15 is 0 Å². The highest BCUT2D eigenvalue weighted by atomic mass is 32.1. The summed E-state index contributed by atoms with van der Waals surface area (Å²) >= 11 is 1.85. The molecule has 0 amide bonds. The average Bonchev–Trinajstić information content (AvgIpc) is 3.67. The molecule has 37 heavy (non-hydrogen) atoms. The third kappa shape index (κ3) is 4.96. The van der Waals surface area contributed by atoms with Crippen molar-refractivity contribution in [3.63, 3.8) is 0 Å². The molecular weight excluding hydrogens is 486 g/mol. The first kappa shape index (κ1) is 23.8. The smallest absolute Gasteiger partial charge is 0.230 e. The molecule has 3 aromatic rings. The van der Waals surface area contributed by atoms with Crippen LogP contribution in [0.25, 0.3) is 10.2 Å². The number of nitrogens with zero attached hydrogens (tertiary/aromatic N) is 5. The summed E-state index contributed by atoms with van der Waals surface area (Å²) in [6, 6.07) is 1.55. The minimum atomic E-state index is 0.401. The van der Waals surface area contributed by atoms with Crippen LogP contribution in [0.3, 0.4) is 0 Å². The number of fused-ring (bicyclic) bond motifs is 3. The number of ether oxygens (including phenoxy) is 2. The summed E-state index contributed by atoms with van der Waals surface area (Å²) in [6.07, 6.45) is 14.4. The van der Waals surface area contributed by atoms with Gasteiger partial charge in [-0.1, -0.05) is 0 Å². The second-order valence-electron chi connectivity index (χ2n) is 10.9. The second-order valence-corrected chi connectivity index (χ2v) is 12.0. The predicted molar refractivity (Wildman–Crippen MR) is 146 cm³/mol. The zero-order chi connectivity index (χ0) is 24.6. The van der Waals surface area contributed by atoms with E-state index < -0.39 is 0 Å². The zero-order valence-corrected chi connectivity index (χ0v) is 22.3. The Morgan fingerprint density at radius 2 is 1.70 bits per heavy atom. The number of thiophene rings is 1. The number of nitrogens with one attached hydrogen (secondary N) is 2. The number of morpholine rings is 1. The van der Waals surface area contributed by atoms with Gasteiger partial charge in [-0.3, -0.25) is 9.58 Å². The van der Waals surface area contributed by atoms with Gasteiger partial charge in [0.05, 0.1) is 36.5 Å². The molecule has 5 heterocycles. The van der Waals surface area contributed by atoms with Crippen LogP contribution in [0.2, 0.25) is 0 Å². The molecule has 7 rings (SSSR count). The Balaban J connectivity index is 1.10. The Morgan fingerprint density at radius 3 is 2.54 bits per heavy atom. The van der Waals surface area contributed by atoms with Crippen LogP contribution >= 0.6 is 11.3 Å². The van der Waals surface area contributed by atoms with Crippen molar-refractivity contribution < 1.29 is 9.47 Å². The van der Waals surface area contributed by atoms with Crippen molar-refractivity contribution in [2.45, 2.75) is 75.9 Å². The quantitative estimate of drug-likeness (QED) is 0.487. The number of rotatable bonds is 6. The van der Waals surface area contributed by atoms with Crippen molar-refractivity contribution in [1.29, 1.82) is 0 Å². The monoisotopic (exact) mass is 523 g/mol. The van der Waals surface area contributed by atoms with Gasteiger partial charge in [0, 0.05) is 49.5 Å². The second kappa shape index (κ2) is 10.5. The normalized spacial score (nSPS) is 25.4. The fraction of sp³-hybridized carbons (Fsp3) is 0.667. The van der Waals surface area contributed by atoms with Crippen LogP contribution in [0.5, 0.6) is 0 Å². The molecule has 2 aliphatic heterocycles. The number of anilines is 3. The SMILES string of the molecule is c1nn(C2CCOCC2)cc1Nc1nc(N[C@H]2CC[C@H](N3CCOCC3)CC2)c2c3c(sc2n1)CCC3. The van der Waals surface area contributed by atoms with Gasteiger partial charge in [0.15, 0.2) is 0 Å². The summed E-state index contributed by atoms with van der Waals surface area (Å²) in [5.41, 5.74) is 2.41. The van der Waals surface area contributed by atoms with Crippen LogP contribution in [0.1, 0.15) is 61.4 Å². The van der Waals surface area contributed by atoms with Crippen LogP contribution in [-0.4, -0.2) is 76.2 Å². The Bertz CT molecular complexity index is 1220. The summed E-state index contributed by atoms with van der Waals surface area (Å²) in [5, 5.41) is 13.2. The molecule has 9 nitrogen and oxygen atoms in total. The van der Waals surface area contributed by atoms with E-state index in [-0.39, 0.29) is 0 Å². The van der Waals surface area contributed by atoms with Gasteiger partial charge in [0.2, 0.25) is 5.95 Å². The maximum absolute atomic E-state index is 5.56. The fourth-order valence-electron chi connectivity index (χ4n) is 6.56. The first-order valence-electron chi connectivity index (χ1n) is 14.1. The highest BCUT2D eigenvalue weighted by Gasteiger charge is 2.29. The van der Waals surface area contributed by atoms with E-state index in [1.165, 1.54) is 54.4 Å². The summed E-state index contributed by atoms with van der Waals surface area (Å²) in [7, 11) is 0. The molecule has 1 saturated carbocycles. The lowest BCUT2D eigenvalue weighted by atomic mass is 9.90. The number of aryl methyl sites for hydroxylation is 2. The number of aromatic nitrogens is 4. The van der Waals surface area contributed by atoms with Crippen molar-refractivity contribution in [3.8, 4) is 0 Å². The highest BCUT2D eigenvalue weighted by molar-refractivity contribution is 7.19. The molecule has 3 fully saturated rings. The van der Waals surface area contributed by atoms with E-state index in [0.717, 1.165) is 75.1 Å². The van der Waals surface area contributed by atoms with E-state index in [1.54, 1.807) is 0 Å². The molecule has 0 bridgehead atoms.